The number of carbonyl (C=O) groups excluding carboxylic acids is 2. The second kappa shape index (κ2) is 11.8. The van der Waals surface area contributed by atoms with E-state index in [1.54, 1.807) is 19.1 Å². The van der Waals surface area contributed by atoms with Gasteiger partial charge in [0.05, 0.1) is 12.3 Å². The Morgan fingerprint density at radius 2 is 1.67 bits per heavy atom. The van der Waals surface area contributed by atoms with E-state index in [2.05, 4.69) is 10.2 Å². The number of ether oxygens (including phenoxy) is 1. The number of carbonyl (C=O) groups is 2. The molecule has 1 unspecified atom stereocenters. The summed E-state index contributed by atoms with van der Waals surface area (Å²) < 4.78 is 20.2. The molecule has 2 aromatic rings. The first-order valence-electron chi connectivity index (χ1n) is 11.8. The summed E-state index contributed by atoms with van der Waals surface area (Å²) in [4.78, 5) is 29.1. The van der Waals surface area contributed by atoms with Crippen LogP contribution < -0.4 is 10.2 Å². The van der Waals surface area contributed by atoms with Gasteiger partial charge in [-0.1, -0.05) is 44.2 Å². The topological polar surface area (TPSA) is 61.9 Å². The predicted octanol–water partition coefficient (Wildman–Crippen LogP) is 4.63. The quantitative estimate of drug-likeness (QED) is 0.559. The zero-order valence-corrected chi connectivity index (χ0v) is 19.7. The second-order valence-electron chi connectivity index (χ2n) is 8.26. The number of piperazine rings is 1. The first-order chi connectivity index (χ1) is 16.0. The van der Waals surface area contributed by atoms with Crippen molar-refractivity contribution in [2.45, 2.75) is 39.7 Å². The highest BCUT2D eigenvalue weighted by molar-refractivity contribution is 5.92. The lowest BCUT2D eigenvalue weighted by Crippen LogP contribution is -2.49. The Kier molecular flexibility index (Phi) is 8.83. The standard InChI is InChI=1S/C26H34FN3O3/c1-4-19(5-2)25(31)28-21-12-13-23(22(27)18-21)29-14-16-30(17-15-29)24(26(32)33-6-3)20-10-8-7-9-11-20/h7-13,18-19,24H,4-6,14-17H2,1-3H3,(H,28,31). The fourth-order valence-electron chi connectivity index (χ4n) is 4.32. The summed E-state index contributed by atoms with van der Waals surface area (Å²) in [7, 11) is 0. The molecule has 0 spiro atoms. The number of hydrogen-bond acceptors (Lipinski definition) is 5. The summed E-state index contributed by atoms with van der Waals surface area (Å²) in [6.45, 7) is 8.45. The zero-order chi connectivity index (χ0) is 23.8. The van der Waals surface area contributed by atoms with Crippen molar-refractivity contribution in [1.29, 1.82) is 0 Å². The third kappa shape index (κ3) is 6.11. The Labute approximate surface area is 195 Å². The van der Waals surface area contributed by atoms with E-state index in [9.17, 15) is 14.0 Å². The van der Waals surface area contributed by atoms with E-state index >= 15 is 0 Å². The van der Waals surface area contributed by atoms with Crippen LogP contribution in [0.2, 0.25) is 0 Å². The molecule has 1 N–H and O–H groups in total. The van der Waals surface area contributed by atoms with E-state index < -0.39 is 6.04 Å². The first kappa shape index (κ1) is 24.7. The fraction of sp³-hybridized carbons (Fsp3) is 0.462. The molecule has 7 heteroatoms. The Balaban J connectivity index is 1.67. The Morgan fingerprint density at radius 1 is 1.00 bits per heavy atom. The van der Waals surface area contributed by atoms with Crippen molar-refractivity contribution in [1.82, 2.24) is 4.90 Å². The molecule has 0 aromatic heterocycles. The fourth-order valence-corrected chi connectivity index (χ4v) is 4.32. The molecule has 1 aliphatic heterocycles. The number of anilines is 2. The molecule has 6 nitrogen and oxygen atoms in total. The largest absolute Gasteiger partial charge is 0.465 e. The molecule has 178 valence electrons. The van der Waals surface area contributed by atoms with Gasteiger partial charge in [0.25, 0.3) is 0 Å². The lowest BCUT2D eigenvalue weighted by Gasteiger charge is -2.39. The summed E-state index contributed by atoms with van der Waals surface area (Å²) in [6.07, 6.45) is 1.51. The second-order valence-corrected chi connectivity index (χ2v) is 8.26. The van der Waals surface area contributed by atoms with Gasteiger partial charge in [0.1, 0.15) is 11.9 Å². The maximum Gasteiger partial charge on any atom is 0.328 e. The molecule has 1 saturated heterocycles. The highest BCUT2D eigenvalue weighted by atomic mass is 19.1. The van der Waals surface area contributed by atoms with Crippen molar-refractivity contribution in [2.24, 2.45) is 5.92 Å². The molecule has 0 saturated carbocycles. The van der Waals surface area contributed by atoms with Crippen molar-refractivity contribution in [3.63, 3.8) is 0 Å². The Morgan fingerprint density at radius 3 is 2.24 bits per heavy atom. The van der Waals surface area contributed by atoms with Crippen molar-refractivity contribution in [2.75, 3.05) is 43.0 Å². The van der Waals surface area contributed by atoms with Crippen LogP contribution in [0.4, 0.5) is 15.8 Å². The van der Waals surface area contributed by atoms with Gasteiger partial charge in [-0.05, 0) is 43.5 Å². The molecule has 33 heavy (non-hydrogen) atoms. The van der Waals surface area contributed by atoms with E-state index in [1.807, 2.05) is 49.1 Å². The number of benzene rings is 2. The molecule has 1 aliphatic rings. The van der Waals surface area contributed by atoms with E-state index in [-0.39, 0.29) is 23.6 Å². The van der Waals surface area contributed by atoms with Crippen LogP contribution in [-0.4, -0.2) is 49.6 Å². The minimum atomic E-state index is -0.471. The van der Waals surface area contributed by atoms with E-state index in [0.29, 0.717) is 44.2 Å². The first-order valence-corrected chi connectivity index (χ1v) is 11.8. The summed E-state index contributed by atoms with van der Waals surface area (Å²) in [5.74, 6) is -0.777. The van der Waals surface area contributed by atoms with E-state index in [1.165, 1.54) is 6.07 Å². The van der Waals surface area contributed by atoms with Crippen LogP contribution in [0.3, 0.4) is 0 Å². The average Bonchev–Trinajstić information content (AvgIpc) is 2.82. The molecular formula is C26H34FN3O3. The zero-order valence-electron chi connectivity index (χ0n) is 19.7. The molecule has 1 fully saturated rings. The van der Waals surface area contributed by atoms with Crippen molar-refractivity contribution in [3.8, 4) is 0 Å². The van der Waals surface area contributed by atoms with Crippen LogP contribution in [0.25, 0.3) is 0 Å². The van der Waals surface area contributed by atoms with Crippen LogP contribution in [-0.2, 0) is 14.3 Å². The van der Waals surface area contributed by atoms with Crippen molar-refractivity contribution < 1.29 is 18.7 Å². The number of esters is 1. The molecule has 0 bridgehead atoms. The number of rotatable bonds is 9. The van der Waals surface area contributed by atoms with Gasteiger partial charge in [-0.25, -0.2) is 9.18 Å². The van der Waals surface area contributed by atoms with Gasteiger partial charge in [-0.15, -0.1) is 0 Å². The molecule has 1 atom stereocenters. The molecule has 1 amide bonds. The molecule has 0 radical (unpaired) electrons. The molecule has 3 rings (SSSR count). The summed E-state index contributed by atoms with van der Waals surface area (Å²) in [6, 6.07) is 14.0. The monoisotopic (exact) mass is 455 g/mol. The predicted molar refractivity (Wildman–Crippen MR) is 129 cm³/mol. The lowest BCUT2D eigenvalue weighted by atomic mass is 10.0. The van der Waals surface area contributed by atoms with Crippen LogP contribution in [0.15, 0.2) is 48.5 Å². The normalized spacial score (nSPS) is 15.4. The van der Waals surface area contributed by atoms with Gasteiger partial charge in [-0.2, -0.15) is 0 Å². The van der Waals surface area contributed by atoms with Gasteiger partial charge in [0.2, 0.25) is 5.91 Å². The van der Waals surface area contributed by atoms with Gasteiger partial charge < -0.3 is 15.0 Å². The summed E-state index contributed by atoms with van der Waals surface area (Å²) in [5.41, 5.74) is 1.87. The van der Waals surface area contributed by atoms with E-state index in [4.69, 9.17) is 4.74 Å². The maximum absolute atomic E-state index is 14.9. The number of hydrogen-bond donors (Lipinski definition) is 1. The highest BCUT2D eigenvalue weighted by Gasteiger charge is 2.32. The number of nitrogens with zero attached hydrogens (tertiary/aromatic N) is 2. The Bertz CT molecular complexity index is 926. The molecule has 1 heterocycles. The molecule has 2 aromatic carbocycles. The lowest BCUT2D eigenvalue weighted by molar-refractivity contribution is -0.150. The van der Waals surface area contributed by atoms with Crippen LogP contribution in [0, 0.1) is 11.7 Å². The molecular weight excluding hydrogens is 421 g/mol. The third-order valence-electron chi connectivity index (χ3n) is 6.22. The maximum atomic E-state index is 14.9. The minimum absolute atomic E-state index is 0.0715. The minimum Gasteiger partial charge on any atom is -0.465 e. The van der Waals surface area contributed by atoms with Crippen LogP contribution in [0.1, 0.15) is 45.2 Å². The summed E-state index contributed by atoms with van der Waals surface area (Å²) >= 11 is 0. The number of nitrogens with one attached hydrogen (secondary N) is 1. The van der Waals surface area contributed by atoms with Crippen molar-refractivity contribution >= 4 is 23.3 Å². The van der Waals surface area contributed by atoms with Crippen LogP contribution in [0.5, 0.6) is 0 Å². The Hall–Kier alpha value is -2.93. The van der Waals surface area contributed by atoms with Gasteiger partial charge in [-0.3, -0.25) is 9.69 Å². The smallest absolute Gasteiger partial charge is 0.328 e. The van der Waals surface area contributed by atoms with Crippen LogP contribution >= 0.6 is 0 Å². The SMILES string of the molecule is CCOC(=O)C(c1ccccc1)N1CCN(c2ccc(NC(=O)C(CC)CC)cc2F)CC1. The summed E-state index contributed by atoms with van der Waals surface area (Å²) in [5, 5.41) is 2.82. The van der Waals surface area contributed by atoms with Crippen molar-refractivity contribution in [3.05, 3.63) is 59.9 Å². The highest BCUT2D eigenvalue weighted by Crippen LogP contribution is 2.28. The third-order valence-corrected chi connectivity index (χ3v) is 6.22. The number of amides is 1. The molecule has 0 aliphatic carbocycles. The average molecular weight is 456 g/mol. The number of halogens is 1. The van der Waals surface area contributed by atoms with E-state index in [0.717, 1.165) is 18.4 Å². The van der Waals surface area contributed by atoms with Gasteiger partial charge >= 0.3 is 5.97 Å². The van der Waals surface area contributed by atoms with Gasteiger partial charge in [0.15, 0.2) is 0 Å². The van der Waals surface area contributed by atoms with Gasteiger partial charge in [0, 0.05) is 37.8 Å².